The van der Waals surface area contributed by atoms with Gasteiger partial charge in [-0.1, -0.05) is 5.16 Å². The van der Waals surface area contributed by atoms with Gasteiger partial charge in [0.05, 0.1) is 45.5 Å². The summed E-state index contributed by atoms with van der Waals surface area (Å²) in [7, 11) is 6.10. The van der Waals surface area contributed by atoms with E-state index < -0.39 is 0 Å². The number of benzene rings is 3. The van der Waals surface area contributed by atoms with Crippen LogP contribution in [0.1, 0.15) is 12.0 Å². The fourth-order valence-electron chi connectivity index (χ4n) is 4.28. The van der Waals surface area contributed by atoms with Crippen LogP contribution < -0.4 is 29.4 Å². The van der Waals surface area contributed by atoms with E-state index in [9.17, 15) is 5.11 Å². The van der Waals surface area contributed by atoms with Crippen molar-refractivity contribution in [3.8, 4) is 51.6 Å². The van der Waals surface area contributed by atoms with Crippen LogP contribution in [-0.2, 0) is 4.84 Å². The summed E-state index contributed by atoms with van der Waals surface area (Å²) in [6.07, 6.45) is 0.219. The zero-order valence-corrected chi connectivity index (χ0v) is 22.3. The molecule has 0 saturated carbocycles. The number of phenols is 1. The van der Waals surface area contributed by atoms with Gasteiger partial charge in [0, 0.05) is 29.7 Å². The summed E-state index contributed by atoms with van der Waals surface area (Å²) in [6, 6.07) is 13.8. The maximum Gasteiger partial charge on any atom is 0.203 e. The molecule has 40 heavy (non-hydrogen) atoms. The molecule has 0 radical (unpaired) electrons. The van der Waals surface area contributed by atoms with Gasteiger partial charge in [-0.15, -0.1) is 5.10 Å². The van der Waals surface area contributed by atoms with Gasteiger partial charge in [0.2, 0.25) is 5.75 Å². The van der Waals surface area contributed by atoms with Gasteiger partial charge >= 0.3 is 0 Å². The molecular weight excluding hydrogens is 520 g/mol. The fourth-order valence-corrected chi connectivity index (χ4v) is 4.28. The highest BCUT2D eigenvalue weighted by atomic mass is 16.7. The van der Waals surface area contributed by atoms with E-state index >= 15 is 0 Å². The average Bonchev–Trinajstić information content (AvgIpc) is 3.66. The molecule has 13 heteroatoms. The molecule has 0 spiro atoms. The molecule has 1 aliphatic rings. The molecule has 1 aliphatic heterocycles. The van der Waals surface area contributed by atoms with Crippen LogP contribution in [0.15, 0.2) is 53.7 Å². The van der Waals surface area contributed by atoms with Crippen molar-refractivity contribution in [3.63, 3.8) is 0 Å². The molecule has 2 heterocycles. The minimum absolute atomic E-state index is 0.0575. The second-order valence-corrected chi connectivity index (χ2v) is 8.72. The van der Waals surface area contributed by atoms with Crippen molar-refractivity contribution < 1.29 is 33.6 Å². The molecule has 4 aromatic rings. The smallest absolute Gasteiger partial charge is 0.203 e. The fraction of sp³-hybridized carbons (Fsp3) is 0.259. The highest BCUT2D eigenvalue weighted by molar-refractivity contribution is 6.01. The van der Waals surface area contributed by atoms with E-state index in [1.165, 1.54) is 28.4 Å². The molecule has 5 rings (SSSR count). The first kappa shape index (κ1) is 26.4. The van der Waals surface area contributed by atoms with Crippen LogP contribution in [0.2, 0.25) is 0 Å². The molecule has 0 bridgehead atoms. The Hall–Kier alpha value is -5.20. The Kier molecular flexibility index (Phi) is 7.44. The maximum atomic E-state index is 9.83. The number of nitrogens with two attached hydrogens (primary N) is 1. The van der Waals surface area contributed by atoms with Gasteiger partial charge in [0.25, 0.3) is 0 Å². The van der Waals surface area contributed by atoms with E-state index in [2.05, 4.69) is 20.7 Å². The lowest BCUT2D eigenvalue weighted by atomic mass is 10.0. The third-order valence-corrected chi connectivity index (χ3v) is 6.30. The van der Waals surface area contributed by atoms with Crippen molar-refractivity contribution in [3.05, 3.63) is 54.1 Å². The largest absolute Gasteiger partial charge is 0.504 e. The summed E-state index contributed by atoms with van der Waals surface area (Å²) >= 11 is 0. The Bertz CT molecular complexity index is 1530. The predicted molar refractivity (Wildman–Crippen MR) is 145 cm³/mol. The van der Waals surface area contributed by atoms with E-state index in [-0.39, 0.29) is 18.5 Å². The highest BCUT2D eigenvalue weighted by Crippen LogP contribution is 2.40. The normalized spacial score (nSPS) is 14.3. The predicted octanol–water partition coefficient (Wildman–Crippen LogP) is 3.22. The van der Waals surface area contributed by atoms with Gasteiger partial charge in [-0.05, 0) is 46.8 Å². The van der Waals surface area contributed by atoms with E-state index in [1.807, 2.05) is 6.07 Å². The molecule has 1 atom stereocenters. The Labute approximate surface area is 229 Å². The first-order chi connectivity index (χ1) is 19.4. The number of phenolic OH excluding ortho intramolecular Hbond substituents is 1. The molecule has 3 aromatic carbocycles. The summed E-state index contributed by atoms with van der Waals surface area (Å²) in [4.78, 5) is 5.55. The van der Waals surface area contributed by atoms with E-state index in [1.54, 1.807) is 47.1 Å². The lowest BCUT2D eigenvalue weighted by Gasteiger charge is -2.15. The van der Waals surface area contributed by atoms with E-state index in [0.717, 1.165) is 11.3 Å². The molecule has 0 fully saturated rings. The molecule has 1 unspecified atom stereocenters. The van der Waals surface area contributed by atoms with Crippen molar-refractivity contribution in [1.29, 1.82) is 0 Å². The van der Waals surface area contributed by atoms with Crippen molar-refractivity contribution in [2.24, 2.45) is 5.16 Å². The second-order valence-electron chi connectivity index (χ2n) is 8.72. The van der Waals surface area contributed by atoms with Crippen LogP contribution in [0.5, 0.6) is 34.5 Å². The minimum atomic E-state index is -0.304. The molecule has 0 aliphatic carbocycles. The second kappa shape index (κ2) is 11.3. The summed E-state index contributed by atoms with van der Waals surface area (Å²) in [5, 5.41) is 26.2. The van der Waals surface area contributed by atoms with Crippen LogP contribution in [0.3, 0.4) is 0 Å². The number of aromatic nitrogens is 4. The number of methoxy groups -OCH3 is 4. The lowest BCUT2D eigenvalue weighted by molar-refractivity contribution is 0.0473. The van der Waals surface area contributed by atoms with Gasteiger partial charge in [0.15, 0.2) is 34.9 Å². The summed E-state index contributed by atoms with van der Waals surface area (Å²) in [5.74, 6) is 2.75. The third-order valence-electron chi connectivity index (χ3n) is 6.30. The van der Waals surface area contributed by atoms with Gasteiger partial charge in [-0.25, -0.2) is 0 Å². The van der Waals surface area contributed by atoms with Crippen molar-refractivity contribution >= 4 is 11.4 Å². The summed E-state index contributed by atoms with van der Waals surface area (Å²) in [5.41, 5.74) is 9.54. The number of oxime groups is 1. The zero-order chi connectivity index (χ0) is 28.2. The molecule has 3 N–H and O–H groups in total. The van der Waals surface area contributed by atoms with Crippen LogP contribution >= 0.6 is 0 Å². The van der Waals surface area contributed by atoms with Crippen molar-refractivity contribution in [1.82, 2.24) is 20.2 Å². The number of hydrogen-bond donors (Lipinski definition) is 2. The van der Waals surface area contributed by atoms with Crippen molar-refractivity contribution in [2.45, 2.75) is 12.5 Å². The number of rotatable bonds is 10. The SMILES string of the molecule is COc1cc(C2=NOC(COc3ccc(-c4nnnn4-c4cc(OC)c(OC)c(OC)c4)cc3N)C2)ccc1O. The van der Waals surface area contributed by atoms with Gasteiger partial charge in [-0.2, -0.15) is 4.68 Å². The van der Waals surface area contributed by atoms with Gasteiger partial charge < -0.3 is 39.4 Å². The van der Waals surface area contributed by atoms with Crippen LogP contribution in [0, 0.1) is 0 Å². The molecule has 0 saturated heterocycles. The number of hydrogen-bond acceptors (Lipinski definition) is 12. The number of tetrazole rings is 1. The number of aromatic hydroxyl groups is 1. The number of anilines is 1. The number of ether oxygens (including phenoxy) is 5. The summed E-state index contributed by atoms with van der Waals surface area (Å²) < 4.78 is 29.0. The standard InChI is InChI=1S/C27H28N6O7/c1-35-23-10-15(5-7-21(23)34)20-13-18(40-30-20)14-39-22-8-6-16(9-19(22)28)27-29-31-32-33(27)17-11-24(36-2)26(38-4)25(12-17)37-3/h5-12,18,34H,13-14,28H2,1-4H3. The van der Waals surface area contributed by atoms with Crippen LogP contribution in [0.4, 0.5) is 5.69 Å². The molecule has 208 valence electrons. The maximum absolute atomic E-state index is 9.83. The first-order valence-electron chi connectivity index (χ1n) is 12.2. The van der Waals surface area contributed by atoms with Crippen LogP contribution in [-0.4, -0.2) is 72.2 Å². The first-order valence-corrected chi connectivity index (χ1v) is 12.2. The lowest BCUT2D eigenvalue weighted by Crippen LogP contribution is -2.18. The third kappa shape index (κ3) is 5.08. The average molecular weight is 549 g/mol. The van der Waals surface area contributed by atoms with Gasteiger partial charge in [-0.3, -0.25) is 0 Å². The van der Waals surface area contributed by atoms with E-state index in [4.69, 9.17) is 34.3 Å². The molecule has 13 nitrogen and oxygen atoms in total. The van der Waals surface area contributed by atoms with E-state index in [0.29, 0.717) is 57.9 Å². The monoisotopic (exact) mass is 548 g/mol. The molecule has 0 amide bonds. The van der Waals surface area contributed by atoms with Gasteiger partial charge in [0.1, 0.15) is 12.4 Å². The minimum Gasteiger partial charge on any atom is -0.504 e. The quantitative estimate of drug-likeness (QED) is 0.280. The number of nitrogens with zero attached hydrogens (tertiary/aromatic N) is 5. The highest BCUT2D eigenvalue weighted by Gasteiger charge is 2.24. The van der Waals surface area contributed by atoms with Crippen molar-refractivity contribution in [2.75, 3.05) is 40.8 Å². The van der Waals surface area contributed by atoms with Crippen LogP contribution in [0.25, 0.3) is 17.1 Å². The topological polar surface area (TPSA) is 158 Å². The Morgan fingerprint density at radius 3 is 2.30 bits per heavy atom. The Morgan fingerprint density at radius 2 is 1.62 bits per heavy atom. The zero-order valence-electron chi connectivity index (χ0n) is 22.3. The Balaban J connectivity index is 1.29. The Morgan fingerprint density at radius 1 is 0.900 bits per heavy atom. The number of nitrogen functional groups attached to an aromatic ring is 1. The molecule has 1 aromatic heterocycles. The molecular formula is C27H28N6O7. The summed E-state index contributed by atoms with van der Waals surface area (Å²) in [6.45, 7) is 0.231.